The molecule has 1 aromatic rings. The van der Waals surface area contributed by atoms with Crippen molar-refractivity contribution in [1.82, 2.24) is 4.98 Å². The van der Waals surface area contributed by atoms with Crippen LogP contribution in [0, 0.1) is 5.92 Å². The van der Waals surface area contributed by atoms with Crippen LogP contribution in [0.25, 0.3) is 0 Å². The number of amides is 1. The van der Waals surface area contributed by atoms with Gasteiger partial charge in [-0.3, -0.25) is 9.69 Å². The number of nitrogens with zero attached hydrogens (tertiary/aromatic N) is 2. The molecule has 16 heavy (non-hydrogen) atoms. The largest absolute Gasteiger partial charge is 0.296 e. The standard InChI is InChI=1S/C10H9Cl3N2O/c11-4-6-1-10(16)15(5-6)9-3-7(12)2-8(13)14-9/h2-3,6H,1,4-5H2. The van der Waals surface area contributed by atoms with Crippen LogP contribution in [0.3, 0.4) is 0 Å². The minimum Gasteiger partial charge on any atom is -0.296 e. The smallest absolute Gasteiger partial charge is 0.228 e. The highest BCUT2D eigenvalue weighted by Gasteiger charge is 2.30. The molecule has 1 atom stereocenters. The fourth-order valence-electron chi connectivity index (χ4n) is 1.70. The molecule has 0 saturated carbocycles. The number of carbonyl (C=O) groups is 1. The molecule has 0 bridgehead atoms. The minimum absolute atomic E-state index is 0.0106. The predicted molar refractivity (Wildman–Crippen MR) is 65.4 cm³/mol. The van der Waals surface area contributed by atoms with Crippen LogP contribution < -0.4 is 4.90 Å². The molecule has 1 aliphatic heterocycles. The molecule has 6 heteroatoms. The predicted octanol–water partition coefficient (Wildman–Crippen LogP) is 2.98. The number of hydrogen-bond acceptors (Lipinski definition) is 2. The van der Waals surface area contributed by atoms with Crippen LogP contribution >= 0.6 is 34.8 Å². The summed E-state index contributed by atoms with van der Waals surface area (Å²) >= 11 is 17.4. The van der Waals surface area contributed by atoms with Crippen LogP contribution in [0.2, 0.25) is 10.2 Å². The van der Waals surface area contributed by atoms with Gasteiger partial charge in [0, 0.05) is 23.9 Å². The normalized spacial score (nSPS) is 20.6. The average Bonchev–Trinajstić information content (AvgIpc) is 2.58. The lowest BCUT2D eigenvalue weighted by atomic mass is 10.1. The highest BCUT2D eigenvalue weighted by Crippen LogP contribution is 2.27. The summed E-state index contributed by atoms with van der Waals surface area (Å²) in [5, 5.41) is 0.752. The molecule has 0 aliphatic carbocycles. The van der Waals surface area contributed by atoms with E-state index in [2.05, 4.69) is 4.98 Å². The van der Waals surface area contributed by atoms with Crippen molar-refractivity contribution in [3.8, 4) is 0 Å². The Hall–Kier alpha value is -0.510. The number of aromatic nitrogens is 1. The number of pyridine rings is 1. The number of anilines is 1. The molecule has 2 rings (SSSR count). The molecule has 1 fully saturated rings. The Morgan fingerprint density at radius 2 is 2.19 bits per heavy atom. The van der Waals surface area contributed by atoms with E-state index in [1.165, 1.54) is 6.07 Å². The molecule has 0 N–H and O–H groups in total. The molecular formula is C10H9Cl3N2O. The van der Waals surface area contributed by atoms with Gasteiger partial charge < -0.3 is 0 Å². The maximum atomic E-state index is 11.7. The van der Waals surface area contributed by atoms with Crippen molar-refractivity contribution in [2.45, 2.75) is 6.42 Å². The second-order valence-electron chi connectivity index (χ2n) is 3.70. The molecular weight excluding hydrogens is 270 g/mol. The lowest BCUT2D eigenvalue weighted by molar-refractivity contribution is -0.117. The van der Waals surface area contributed by atoms with Crippen LogP contribution in [0.4, 0.5) is 5.82 Å². The third kappa shape index (κ3) is 2.42. The zero-order valence-corrected chi connectivity index (χ0v) is 10.6. The van der Waals surface area contributed by atoms with E-state index >= 15 is 0 Å². The molecule has 3 nitrogen and oxygen atoms in total. The second kappa shape index (κ2) is 4.78. The summed E-state index contributed by atoms with van der Waals surface area (Å²) in [6, 6.07) is 3.16. The first kappa shape index (κ1) is 12.0. The molecule has 1 aliphatic rings. The molecule has 0 radical (unpaired) electrons. The van der Waals surface area contributed by atoms with Crippen molar-refractivity contribution in [3.05, 3.63) is 22.3 Å². The fraction of sp³-hybridized carbons (Fsp3) is 0.400. The summed E-state index contributed by atoms with van der Waals surface area (Å²) in [5.41, 5.74) is 0. The molecule has 2 heterocycles. The third-order valence-corrected chi connectivity index (χ3v) is 3.29. The topological polar surface area (TPSA) is 33.2 Å². The number of hydrogen-bond donors (Lipinski definition) is 0. The Morgan fingerprint density at radius 3 is 2.75 bits per heavy atom. The van der Waals surface area contributed by atoms with E-state index in [1.54, 1.807) is 11.0 Å². The minimum atomic E-state index is 0.0106. The van der Waals surface area contributed by atoms with Gasteiger partial charge in [0.1, 0.15) is 11.0 Å². The van der Waals surface area contributed by atoms with Crippen molar-refractivity contribution < 1.29 is 4.79 Å². The first-order chi connectivity index (χ1) is 7.60. The van der Waals surface area contributed by atoms with Crippen molar-refractivity contribution >= 4 is 46.5 Å². The summed E-state index contributed by atoms with van der Waals surface area (Å²) in [7, 11) is 0. The van der Waals surface area contributed by atoms with Crippen LogP contribution in [-0.4, -0.2) is 23.3 Å². The van der Waals surface area contributed by atoms with Gasteiger partial charge in [-0.25, -0.2) is 4.98 Å². The molecule has 0 spiro atoms. The van der Waals surface area contributed by atoms with E-state index in [0.29, 0.717) is 29.7 Å². The van der Waals surface area contributed by atoms with Crippen LogP contribution in [0.15, 0.2) is 12.1 Å². The maximum Gasteiger partial charge on any atom is 0.228 e. The zero-order chi connectivity index (χ0) is 11.7. The summed E-state index contributed by atoms with van der Waals surface area (Å²) < 4.78 is 0. The van der Waals surface area contributed by atoms with Gasteiger partial charge in [0.15, 0.2) is 0 Å². The highest BCUT2D eigenvalue weighted by atomic mass is 35.5. The Kier molecular flexibility index (Phi) is 3.57. The lowest BCUT2D eigenvalue weighted by Crippen LogP contribution is -2.25. The average molecular weight is 280 g/mol. The van der Waals surface area contributed by atoms with Crippen LogP contribution in [0.5, 0.6) is 0 Å². The van der Waals surface area contributed by atoms with Crippen LogP contribution in [0.1, 0.15) is 6.42 Å². The molecule has 1 aromatic heterocycles. The van der Waals surface area contributed by atoms with Gasteiger partial charge in [-0.15, -0.1) is 11.6 Å². The SMILES string of the molecule is O=C1CC(CCl)CN1c1cc(Cl)cc(Cl)n1. The van der Waals surface area contributed by atoms with Crippen molar-refractivity contribution in [2.24, 2.45) is 5.92 Å². The first-order valence-electron chi connectivity index (χ1n) is 4.79. The Labute approximate surface area is 108 Å². The van der Waals surface area contributed by atoms with Gasteiger partial charge in [-0.05, 0) is 18.1 Å². The van der Waals surface area contributed by atoms with E-state index in [4.69, 9.17) is 34.8 Å². The van der Waals surface area contributed by atoms with E-state index in [9.17, 15) is 4.79 Å². The molecule has 0 aromatic carbocycles. The van der Waals surface area contributed by atoms with Gasteiger partial charge >= 0.3 is 0 Å². The number of carbonyl (C=O) groups excluding carboxylic acids is 1. The summed E-state index contributed by atoms with van der Waals surface area (Å²) in [4.78, 5) is 17.4. The number of rotatable bonds is 2. The molecule has 1 unspecified atom stereocenters. The molecule has 86 valence electrons. The van der Waals surface area contributed by atoms with E-state index < -0.39 is 0 Å². The van der Waals surface area contributed by atoms with E-state index in [1.807, 2.05) is 0 Å². The molecule has 1 saturated heterocycles. The van der Waals surface area contributed by atoms with E-state index in [-0.39, 0.29) is 17.0 Å². The van der Waals surface area contributed by atoms with Crippen molar-refractivity contribution in [1.29, 1.82) is 0 Å². The fourth-order valence-corrected chi connectivity index (χ4v) is 2.37. The van der Waals surface area contributed by atoms with Crippen LogP contribution in [-0.2, 0) is 4.79 Å². The third-order valence-electron chi connectivity index (χ3n) is 2.45. The Balaban J connectivity index is 2.27. The molecule has 1 amide bonds. The summed E-state index contributed by atoms with van der Waals surface area (Å²) in [6.07, 6.45) is 0.454. The quantitative estimate of drug-likeness (QED) is 0.616. The van der Waals surface area contributed by atoms with Gasteiger partial charge in [-0.2, -0.15) is 0 Å². The maximum absolute atomic E-state index is 11.7. The van der Waals surface area contributed by atoms with Crippen molar-refractivity contribution in [3.63, 3.8) is 0 Å². The summed E-state index contributed by atoms with van der Waals surface area (Å²) in [6.45, 7) is 0.575. The van der Waals surface area contributed by atoms with E-state index in [0.717, 1.165) is 0 Å². The Bertz CT molecular complexity index is 404. The van der Waals surface area contributed by atoms with Gasteiger partial charge in [-0.1, -0.05) is 23.2 Å². The zero-order valence-electron chi connectivity index (χ0n) is 8.29. The number of alkyl halides is 1. The monoisotopic (exact) mass is 278 g/mol. The van der Waals surface area contributed by atoms with Gasteiger partial charge in [0.2, 0.25) is 5.91 Å². The summed E-state index contributed by atoms with van der Waals surface area (Å²) in [5.74, 6) is 1.15. The second-order valence-corrected chi connectivity index (χ2v) is 4.83. The highest BCUT2D eigenvalue weighted by molar-refractivity contribution is 6.34. The lowest BCUT2D eigenvalue weighted by Gasteiger charge is -2.15. The van der Waals surface area contributed by atoms with Gasteiger partial charge in [0.05, 0.1) is 0 Å². The first-order valence-corrected chi connectivity index (χ1v) is 6.08. The van der Waals surface area contributed by atoms with Gasteiger partial charge in [0.25, 0.3) is 0 Å². The number of halogens is 3. The Morgan fingerprint density at radius 1 is 1.44 bits per heavy atom. The van der Waals surface area contributed by atoms with Crippen molar-refractivity contribution in [2.75, 3.05) is 17.3 Å².